The van der Waals surface area contributed by atoms with Crippen LogP contribution in [0, 0.1) is 0 Å². The second-order valence-corrected chi connectivity index (χ2v) is 10.3. The molecule has 2 heterocycles. The van der Waals surface area contributed by atoms with Crippen molar-refractivity contribution >= 4 is 34.9 Å². The fourth-order valence-corrected chi connectivity index (χ4v) is 5.54. The highest BCUT2D eigenvalue weighted by atomic mass is 35.5. The number of amides is 3. The van der Waals surface area contributed by atoms with E-state index in [9.17, 15) is 9.59 Å². The number of ether oxygens (including phenoxy) is 2. The standard InChI is InChI=1S/C31H29ClN4O4/c1-39-23-14-15-28(40-2)24(18-23)30-27-11-6-16-34(27)25-9-3-4-10-26(25)36(30)29(37)19-35(22-12-13-22)31(38)33-21-8-5-7-20(32)17-21/h3-11,14-18,22,30H,12-13,19H2,1-2H3,(H,33,38). The van der Waals surface area contributed by atoms with Gasteiger partial charge < -0.3 is 24.3 Å². The van der Waals surface area contributed by atoms with Gasteiger partial charge in [0.05, 0.1) is 31.3 Å². The molecule has 0 saturated heterocycles. The number of aromatic nitrogens is 1. The van der Waals surface area contributed by atoms with E-state index in [1.165, 1.54) is 0 Å². The molecular formula is C31H29ClN4O4. The Labute approximate surface area is 237 Å². The van der Waals surface area contributed by atoms with E-state index in [4.69, 9.17) is 21.1 Å². The molecule has 3 aromatic carbocycles. The van der Waals surface area contributed by atoms with Gasteiger partial charge in [-0.15, -0.1) is 0 Å². The second-order valence-electron chi connectivity index (χ2n) is 9.87. The van der Waals surface area contributed by atoms with E-state index >= 15 is 0 Å². The van der Waals surface area contributed by atoms with Gasteiger partial charge in [-0.25, -0.2) is 4.79 Å². The average Bonchev–Trinajstić information content (AvgIpc) is 3.69. The fraction of sp³-hybridized carbons (Fsp3) is 0.226. The number of hydrogen-bond acceptors (Lipinski definition) is 4. The normalized spacial score (nSPS) is 15.6. The molecule has 4 aromatic rings. The van der Waals surface area contributed by atoms with E-state index in [2.05, 4.69) is 9.88 Å². The van der Waals surface area contributed by atoms with Crippen LogP contribution in [0.3, 0.4) is 0 Å². The van der Waals surface area contributed by atoms with Gasteiger partial charge in [0.1, 0.15) is 24.1 Å². The van der Waals surface area contributed by atoms with Gasteiger partial charge in [-0.1, -0.05) is 29.8 Å². The summed E-state index contributed by atoms with van der Waals surface area (Å²) in [5.41, 5.74) is 3.90. The minimum Gasteiger partial charge on any atom is -0.497 e. The lowest BCUT2D eigenvalue weighted by Gasteiger charge is -2.40. The predicted molar refractivity (Wildman–Crippen MR) is 155 cm³/mol. The first-order valence-corrected chi connectivity index (χ1v) is 13.5. The Morgan fingerprint density at radius 2 is 1.75 bits per heavy atom. The molecule has 1 saturated carbocycles. The molecular weight excluding hydrogens is 528 g/mol. The lowest BCUT2D eigenvalue weighted by atomic mass is 9.96. The maximum atomic E-state index is 14.4. The van der Waals surface area contributed by atoms with Crippen molar-refractivity contribution in [3.63, 3.8) is 0 Å². The Morgan fingerprint density at radius 3 is 2.48 bits per heavy atom. The lowest BCUT2D eigenvalue weighted by molar-refractivity contribution is -0.119. The molecule has 1 aromatic heterocycles. The molecule has 40 heavy (non-hydrogen) atoms. The van der Waals surface area contributed by atoms with Gasteiger partial charge in [-0.05, 0) is 73.5 Å². The minimum atomic E-state index is -0.514. The van der Waals surface area contributed by atoms with Crippen LogP contribution in [0.1, 0.15) is 30.1 Å². The number of nitrogens with one attached hydrogen (secondary N) is 1. The summed E-state index contributed by atoms with van der Waals surface area (Å²) in [4.78, 5) is 31.2. The van der Waals surface area contributed by atoms with Gasteiger partial charge in [-0.2, -0.15) is 0 Å². The zero-order valence-corrected chi connectivity index (χ0v) is 23.0. The number of benzene rings is 3. The predicted octanol–water partition coefficient (Wildman–Crippen LogP) is 6.28. The smallest absolute Gasteiger partial charge is 0.322 e. The first-order chi connectivity index (χ1) is 19.5. The molecule has 1 fully saturated rings. The summed E-state index contributed by atoms with van der Waals surface area (Å²) in [5.74, 6) is 1.08. The molecule has 3 amide bonds. The van der Waals surface area contributed by atoms with E-state index in [0.29, 0.717) is 22.2 Å². The molecule has 9 heteroatoms. The number of carbonyl (C=O) groups excluding carboxylic acids is 2. The van der Waals surface area contributed by atoms with Crippen LogP contribution in [-0.4, -0.2) is 48.2 Å². The number of hydrogen-bond donors (Lipinski definition) is 1. The first kappa shape index (κ1) is 25.8. The Kier molecular flexibility index (Phi) is 6.86. The third-order valence-corrected chi connectivity index (χ3v) is 7.58. The van der Waals surface area contributed by atoms with Crippen LogP contribution in [0.2, 0.25) is 5.02 Å². The number of methoxy groups -OCH3 is 2. The van der Waals surface area contributed by atoms with Crippen LogP contribution in [0.15, 0.2) is 85.1 Å². The van der Waals surface area contributed by atoms with E-state index in [-0.39, 0.29) is 24.5 Å². The Balaban J connectivity index is 1.40. The summed E-state index contributed by atoms with van der Waals surface area (Å²) in [6.07, 6.45) is 3.69. The molecule has 8 nitrogen and oxygen atoms in total. The monoisotopic (exact) mass is 556 g/mol. The highest BCUT2D eigenvalue weighted by molar-refractivity contribution is 6.30. The van der Waals surface area contributed by atoms with Crippen molar-refractivity contribution in [2.75, 3.05) is 31.0 Å². The molecule has 1 unspecified atom stereocenters. The van der Waals surface area contributed by atoms with E-state index in [1.54, 1.807) is 48.3 Å². The quantitative estimate of drug-likeness (QED) is 0.291. The molecule has 2 aliphatic rings. The molecule has 1 N–H and O–H groups in total. The average molecular weight is 557 g/mol. The number of carbonyl (C=O) groups is 2. The topological polar surface area (TPSA) is 76.0 Å². The zero-order chi connectivity index (χ0) is 27.8. The molecule has 0 bridgehead atoms. The SMILES string of the molecule is COc1ccc(OC)c(C2c3cccn3-c3ccccc3N2C(=O)CN(C(=O)Nc2cccc(Cl)c2)C2CC2)c1. The highest BCUT2D eigenvalue weighted by Crippen LogP contribution is 2.45. The van der Waals surface area contributed by atoms with Crippen LogP contribution >= 0.6 is 11.6 Å². The van der Waals surface area contributed by atoms with Crippen molar-refractivity contribution in [3.8, 4) is 17.2 Å². The van der Waals surface area contributed by atoms with Crippen molar-refractivity contribution < 1.29 is 19.1 Å². The zero-order valence-electron chi connectivity index (χ0n) is 22.2. The maximum absolute atomic E-state index is 14.4. The molecule has 1 atom stereocenters. The molecule has 1 aliphatic carbocycles. The number of nitrogens with zero attached hydrogens (tertiary/aromatic N) is 3. The first-order valence-electron chi connectivity index (χ1n) is 13.1. The van der Waals surface area contributed by atoms with E-state index in [0.717, 1.165) is 35.5 Å². The Hall–Kier alpha value is -4.43. The summed E-state index contributed by atoms with van der Waals surface area (Å²) in [6.45, 7) is -0.0884. The van der Waals surface area contributed by atoms with Crippen LogP contribution in [-0.2, 0) is 4.79 Å². The molecule has 6 rings (SSSR count). The van der Waals surface area contributed by atoms with Gasteiger partial charge in [0, 0.05) is 28.5 Å². The number of fused-ring (bicyclic) bond motifs is 3. The van der Waals surface area contributed by atoms with Crippen molar-refractivity contribution in [1.82, 2.24) is 9.47 Å². The number of rotatable bonds is 7. The third kappa shape index (κ3) is 4.75. The van der Waals surface area contributed by atoms with Gasteiger partial charge >= 0.3 is 6.03 Å². The number of para-hydroxylation sites is 2. The summed E-state index contributed by atoms with van der Waals surface area (Å²) < 4.78 is 13.4. The van der Waals surface area contributed by atoms with Crippen LogP contribution in [0.25, 0.3) is 5.69 Å². The molecule has 0 spiro atoms. The Bertz CT molecular complexity index is 1580. The van der Waals surface area contributed by atoms with Crippen molar-refractivity contribution in [2.24, 2.45) is 0 Å². The summed E-state index contributed by atoms with van der Waals surface area (Å²) in [5, 5.41) is 3.43. The summed E-state index contributed by atoms with van der Waals surface area (Å²) >= 11 is 6.12. The lowest BCUT2D eigenvalue weighted by Crippen LogP contribution is -2.48. The van der Waals surface area contributed by atoms with Crippen molar-refractivity contribution in [2.45, 2.75) is 24.9 Å². The number of halogens is 1. The highest BCUT2D eigenvalue weighted by Gasteiger charge is 2.41. The van der Waals surface area contributed by atoms with Gasteiger partial charge in [0.2, 0.25) is 5.91 Å². The van der Waals surface area contributed by atoms with Crippen LogP contribution in [0.4, 0.5) is 16.2 Å². The maximum Gasteiger partial charge on any atom is 0.322 e. The van der Waals surface area contributed by atoms with E-state index < -0.39 is 6.04 Å². The van der Waals surface area contributed by atoms with E-state index in [1.807, 2.05) is 60.8 Å². The largest absolute Gasteiger partial charge is 0.497 e. The molecule has 0 radical (unpaired) electrons. The van der Waals surface area contributed by atoms with Crippen LogP contribution < -0.4 is 19.7 Å². The minimum absolute atomic E-state index is 0.00293. The number of anilines is 2. The van der Waals surface area contributed by atoms with Crippen LogP contribution in [0.5, 0.6) is 11.5 Å². The summed E-state index contributed by atoms with van der Waals surface area (Å²) in [6, 6.07) is 23.5. The molecule has 204 valence electrons. The third-order valence-electron chi connectivity index (χ3n) is 7.35. The number of urea groups is 1. The second kappa shape index (κ2) is 10.6. The summed E-state index contributed by atoms with van der Waals surface area (Å²) in [7, 11) is 3.22. The van der Waals surface area contributed by atoms with Gasteiger partial charge in [-0.3, -0.25) is 9.69 Å². The van der Waals surface area contributed by atoms with Gasteiger partial charge in [0.25, 0.3) is 0 Å². The van der Waals surface area contributed by atoms with Crippen molar-refractivity contribution in [1.29, 1.82) is 0 Å². The van der Waals surface area contributed by atoms with Gasteiger partial charge in [0.15, 0.2) is 0 Å². The Morgan fingerprint density at radius 1 is 0.950 bits per heavy atom. The van der Waals surface area contributed by atoms with Crippen molar-refractivity contribution in [3.05, 3.63) is 101 Å². The molecule has 1 aliphatic heterocycles. The fourth-order valence-electron chi connectivity index (χ4n) is 5.35.